The van der Waals surface area contributed by atoms with Crippen LogP contribution in [0.3, 0.4) is 0 Å². The number of benzene rings is 1. The van der Waals surface area contributed by atoms with Gasteiger partial charge in [-0.15, -0.1) is 0 Å². The van der Waals surface area contributed by atoms with Gasteiger partial charge >= 0.3 is 0 Å². The van der Waals surface area contributed by atoms with Crippen LogP contribution in [0.2, 0.25) is 0 Å². The summed E-state index contributed by atoms with van der Waals surface area (Å²) < 4.78 is 2.11. The first-order valence-electron chi connectivity index (χ1n) is 6.61. The Balaban J connectivity index is 2.09. The van der Waals surface area contributed by atoms with Gasteiger partial charge in [0, 0.05) is 18.9 Å². The van der Waals surface area contributed by atoms with E-state index >= 15 is 0 Å². The second-order valence-electron chi connectivity index (χ2n) is 4.50. The van der Waals surface area contributed by atoms with Crippen molar-refractivity contribution in [2.45, 2.75) is 39.8 Å². The molecule has 1 N–H and O–H groups in total. The van der Waals surface area contributed by atoms with Gasteiger partial charge in [0.05, 0.1) is 6.04 Å². The van der Waals surface area contributed by atoms with Gasteiger partial charge in [0.1, 0.15) is 0 Å². The van der Waals surface area contributed by atoms with E-state index in [2.05, 4.69) is 59.9 Å². The van der Waals surface area contributed by atoms with Crippen molar-refractivity contribution in [3.63, 3.8) is 0 Å². The minimum absolute atomic E-state index is 0.267. The Morgan fingerprint density at radius 3 is 2.56 bits per heavy atom. The Bertz CT molecular complexity index is 485. The molecule has 1 unspecified atom stereocenters. The number of anilines is 1. The summed E-state index contributed by atoms with van der Waals surface area (Å²) in [6, 6.07) is 9.04. The first-order valence-corrected chi connectivity index (χ1v) is 6.61. The number of aryl methyl sites for hydroxylation is 2. The molecule has 0 amide bonds. The van der Waals surface area contributed by atoms with Crippen LogP contribution >= 0.6 is 0 Å². The third-order valence-corrected chi connectivity index (χ3v) is 3.29. The number of hydrogen-bond acceptors (Lipinski definition) is 2. The van der Waals surface area contributed by atoms with Gasteiger partial charge < -0.3 is 9.88 Å². The third-order valence-electron chi connectivity index (χ3n) is 3.29. The molecule has 0 radical (unpaired) electrons. The smallest absolute Gasteiger partial charge is 0.203 e. The van der Waals surface area contributed by atoms with Crippen LogP contribution in [0.15, 0.2) is 36.7 Å². The van der Waals surface area contributed by atoms with Gasteiger partial charge in [0.15, 0.2) is 0 Å². The van der Waals surface area contributed by atoms with Crippen molar-refractivity contribution >= 4 is 5.95 Å². The number of hydrogen-bond donors (Lipinski definition) is 1. The van der Waals surface area contributed by atoms with Crippen molar-refractivity contribution in [3.05, 3.63) is 47.8 Å². The number of nitrogens with zero attached hydrogens (tertiary/aromatic N) is 2. The second kappa shape index (κ2) is 5.71. The minimum Gasteiger partial charge on any atom is -0.349 e. The third kappa shape index (κ3) is 2.73. The average Bonchev–Trinajstić information content (AvgIpc) is 2.86. The molecule has 0 aliphatic carbocycles. The standard InChI is InChI=1S/C15H21N3/c1-4-13-6-8-14(9-7-13)12(3)17-15-16-10-11-18(15)5-2/h6-12H,4-5H2,1-3H3,(H,16,17). The van der Waals surface area contributed by atoms with Gasteiger partial charge in [-0.1, -0.05) is 31.2 Å². The largest absolute Gasteiger partial charge is 0.349 e. The first kappa shape index (κ1) is 12.7. The fourth-order valence-corrected chi connectivity index (χ4v) is 2.02. The molecule has 0 spiro atoms. The zero-order valence-electron chi connectivity index (χ0n) is 11.4. The van der Waals surface area contributed by atoms with E-state index in [9.17, 15) is 0 Å². The van der Waals surface area contributed by atoms with Crippen LogP contribution < -0.4 is 5.32 Å². The molecule has 2 rings (SSSR count). The van der Waals surface area contributed by atoms with Crippen molar-refractivity contribution in [3.8, 4) is 0 Å². The molecule has 1 heterocycles. The Labute approximate surface area is 109 Å². The minimum atomic E-state index is 0.267. The molecule has 1 aromatic heterocycles. The van der Waals surface area contributed by atoms with Crippen LogP contribution in [0.1, 0.15) is 37.9 Å². The molecule has 1 aromatic carbocycles. The highest BCUT2D eigenvalue weighted by Crippen LogP contribution is 2.18. The quantitative estimate of drug-likeness (QED) is 0.869. The number of nitrogens with one attached hydrogen (secondary N) is 1. The maximum Gasteiger partial charge on any atom is 0.203 e. The average molecular weight is 243 g/mol. The van der Waals surface area contributed by atoms with Crippen LogP contribution in [0.5, 0.6) is 0 Å². The van der Waals surface area contributed by atoms with E-state index < -0.39 is 0 Å². The lowest BCUT2D eigenvalue weighted by molar-refractivity contribution is 0.744. The van der Waals surface area contributed by atoms with Crippen molar-refractivity contribution in [2.75, 3.05) is 5.32 Å². The molecule has 2 aromatic rings. The Hall–Kier alpha value is -1.77. The highest BCUT2D eigenvalue weighted by atomic mass is 15.2. The highest BCUT2D eigenvalue weighted by Gasteiger charge is 2.08. The summed E-state index contributed by atoms with van der Waals surface area (Å²) in [7, 11) is 0. The molecule has 3 heteroatoms. The predicted molar refractivity (Wildman–Crippen MR) is 75.8 cm³/mol. The monoisotopic (exact) mass is 243 g/mol. The Morgan fingerprint density at radius 1 is 1.22 bits per heavy atom. The van der Waals surface area contributed by atoms with Gasteiger partial charge in [-0.3, -0.25) is 0 Å². The summed E-state index contributed by atoms with van der Waals surface area (Å²) >= 11 is 0. The van der Waals surface area contributed by atoms with Crippen molar-refractivity contribution in [2.24, 2.45) is 0 Å². The van der Waals surface area contributed by atoms with Crippen LogP contribution in [0.25, 0.3) is 0 Å². The van der Waals surface area contributed by atoms with E-state index in [1.54, 1.807) is 0 Å². The van der Waals surface area contributed by atoms with Crippen molar-refractivity contribution < 1.29 is 0 Å². The lowest BCUT2D eigenvalue weighted by atomic mass is 10.1. The summed E-state index contributed by atoms with van der Waals surface area (Å²) in [5, 5.41) is 3.45. The second-order valence-corrected chi connectivity index (χ2v) is 4.50. The van der Waals surface area contributed by atoms with E-state index in [4.69, 9.17) is 0 Å². The lowest BCUT2D eigenvalue weighted by Crippen LogP contribution is -2.11. The van der Waals surface area contributed by atoms with Crippen LogP contribution in [-0.2, 0) is 13.0 Å². The molecule has 0 fully saturated rings. The molecule has 0 bridgehead atoms. The van der Waals surface area contributed by atoms with Gasteiger partial charge in [0.2, 0.25) is 5.95 Å². The summed E-state index contributed by atoms with van der Waals surface area (Å²) in [6.07, 6.45) is 4.91. The molecular formula is C15H21N3. The molecule has 0 aliphatic heterocycles. The Morgan fingerprint density at radius 2 is 1.94 bits per heavy atom. The number of imidazole rings is 1. The van der Waals surface area contributed by atoms with Gasteiger partial charge in [-0.2, -0.15) is 0 Å². The highest BCUT2D eigenvalue weighted by molar-refractivity contribution is 5.33. The van der Waals surface area contributed by atoms with Crippen molar-refractivity contribution in [1.82, 2.24) is 9.55 Å². The van der Waals surface area contributed by atoms with E-state index in [1.165, 1.54) is 11.1 Å². The maximum absolute atomic E-state index is 4.34. The number of rotatable bonds is 5. The maximum atomic E-state index is 4.34. The molecule has 0 aliphatic rings. The molecule has 0 saturated heterocycles. The molecule has 96 valence electrons. The molecule has 18 heavy (non-hydrogen) atoms. The van der Waals surface area contributed by atoms with Crippen LogP contribution in [-0.4, -0.2) is 9.55 Å². The first-order chi connectivity index (χ1) is 8.74. The lowest BCUT2D eigenvalue weighted by Gasteiger charge is -2.16. The molecule has 3 nitrogen and oxygen atoms in total. The van der Waals surface area contributed by atoms with Gasteiger partial charge in [-0.25, -0.2) is 4.98 Å². The summed E-state index contributed by atoms with van der Waals surface area (Å²) in [6.45, 7) is 7.39. The van der Waals surface area contributed by atoms with E-state index in [0.717, 1.165) is 18.9 Å². The summed E-state index contributed by atoms with van der Waals surface area (Å²) in [4.78, 5) is 4.34. The van der Waals surface area contributed by atoms with Gasteiger partial charge in [0.25, 0.3) is 0 Å². The normalized spacial score (nSPS) is 12.4. The Kier molecular flexibility index (Phi) is 4.03. The zero-order chi connectivity index (χ0) is 13.0. The van der Waals surface area contributed by atoms with E-state index in [1.807, 2.05) is 12.4 Å². The number of aromatic nitrogens is 2. The zero-order valence-corrected chi connectivity index (χ0v) is 11.4. The predicted octanol–water partition coefficient (Wildman–Crippen LogP) is 3.64. The topological polar surface area (TPSA) is 29.9 Å². The summed E-state index contributed by atoms with van der Waals surface area (Å²) in [5.74, 6) is 0.935. The fourth-order valence-electron chi connectivity index (χ4n) is 2.02. The van der Waals surface area contributed by atoms with Crippen LogP contribution in [0, 0.1) is 0 Å². The molecule has 1 atom stereocenters. The SMILES string of the molecule is CCc1ccc(C(C)Nc2nccn2CC)cc1. The molecule has 0 saturated carbocycles. The van der Waals surface area contributed by atoms with E-state index in [0.29, 0.717) is 0 Å². The summed E-state index contributed by atoms with van der Waals surface area (Å²) in [5.41, 5.74) is 2.67. The van der Waals surface area contributed by atoms with Crippen LogP contribution in [0.4, 0.5) is 5.95 Å². The van der Waals surface area contributed by atoms with Gasteiger partial charge in [-0.05, 0) is 31.4 Å². The van der Waals surface area contributed by atoms with Crippen molar-refractivity contribution in [1.29, 1.82) is 0 Å². The van der Waals surface area contributed by atoms with E-state index in [-0.39, 0.29) is 6.04 Å². The fraction of sp³-hybridized carbons (Fsp3) is 0.400. The molecular weight excluding hydrogens is 222 g/mol.